The van der Waals surface area contributed by atoms with Gasteiger partial charge in [-0.1, -0.05) is 20.3 Å². The van der Waals surface area contributed by atoms with Crippen molar-refractivity contribution in [3.8, 4) is 0 Å². The summed E-state index contributed by atoms with van der Waals surface area (Å²) in [5.41, 5.74) is -0.957. The summed E-state index contributed by atoms with van der Waals surface area (Å²) in [4.78, 5) is 22.7. The van der Waals surface area contributed by atoms with Gasteiger partial charge >= 0.3 is 5.97 Å². The van der Waals surface area contributed by atoms with Gasteiger partial charge in [0.1, 0.15) is 11.6 Å². The van der Waals surface area contributed by atoms with Gasteiger partial charge in [-0.05, 0) is 19.8 Å². The Balaban J connectivity index is 4.56. The molecule has 0 aromatic rings. The Morgan fingerprint density at radius 2 is 2.00 bits per heavy atom. The van der Waals surface area contributed by atoms with Gasteiger partial charge in [-0.25, -0.2) is 4.79 Å². The predicted octanol–water partition coefficient (Wildman–Crippen LogP) is 1.17. The molecule has 0 aliphatic rings. The van der Waals surface area contributed by atoms with Gasteiger partial charge in [-0.2, -0.15) is 0 Å². The monoisotopic (exact) mass is 231 g/mol. The lowest BCUT2D eigenvalue weighted by Crippen LogP contribution is -2.51. The maximum absolute atomic E-state index is 11.8. The van der Waals surface area contributed by atoms with Crippen molar-refractivity contribution in [2.45, 2.75) is 51.7 Å². The molecule has 2 atom stereocenters. The molecule has 0 saturated carbocycles. The number of hydrogen-bond acceptors (Lipinski definition) is 3. The third kappa shape index (κ3) is 3.81. The molecule has 0 fully saturated rings. The summed E-state index contributed by atoms with van der Waals surface area (Å²) >= 11 is 0. The van der Waals surface area contributed by atoms with E-state index in [9.17, 15) is 9.59 Å². The van der Waals surface area contributed by atoms with Crippen molar-refractivity contribution in [3.63, 3.8) is 0 Å². The van der Waals surface area contributed by atoms with E-state index >= 15 is 0 Å². The fourth-order valence-corrected chi connectivity index (χ4v) is 1.25. The normalized spacial score (nSPS) is 16.2. The van der Waals surface area contributed by atoms with Gasteiger partial charge in [0.2, 0.25) is 0 Å². The quantitative estimate of drug-likeness (QED) is 0.689. The second-order valence-corrected chi connectivity index (χ2v) is 3.94. The summed E-state index contributed by atoms with van der Waals surface area (Å²) in [7, 11) is 1.44. The summed E-state index contributed by atoms with van der Waals surface area (Å²) in [6, 6.07) is -0.835. The number of carbonyl (C=O) groups excluding carboxylic acids is 1. The smallest absolute Gasteiger partial charge is 0.326 e. The second-order valence-electron chi connectivity index (χ2n) is 3.94. The van der Waals surface area contributed by atoms with Crippen LogP contribution in [0.25, 0.3) is 0 Å². The van der Waals surface area contributed by atoms with E-state index in [4.69, 9.17) is 9.84 Å². The standard InChI is InChI=1S/C11H21NO4/c1-5-7-8(9(13)14)12-10(15)11(3,6-2)16-4/h8H,5-7H2,1-4H3,(H,12,15)(H,13,14)/t8-,11?/m0/s1. The van der Waals surface area contributed by atoms with Crippen molar-refractivity contribution in [3.05, 3.63) is 0 Å². The van der Waals surface area contributed by atoms with Crippen molar-refractivity contribution in [1.29, 1.82) is 0 Å². The summed E-state index contributed by atoms with van der Waals surface area (Å²) in [6.45, 7) is 5.34. The molecule has 0 radical (unpaired) electrons. The van der Waals surface area contributed by atoms with Crippen LogP contribution in [0.15, 0.2) is 0 Å². The lowest BCUT2D eigenvalue weighted by Gasteiger charge is -2.27. The molecule has 0 bridgehead atoms. The molecular formula is C11H21NO4. The number of rotatable bonds is 7. The predicted molar refractivity (Wildman–Crippen MR) is 60.2 cm³/mol. The molecule has 16 heavy (non-hydrogen) atoms. The van der Waals surface area contributed by atoms with Crippen LogP contribution in [0, 0.1) is 0 Å². The zero-order valence-electron chi connectivity index (χ0n) is 10.4. The first-order chi connectivity index (χ1) is 7.41. The average Bonchev–Trinajstić information content (AvgIpc) is 2.26. The molecule has 5 nitrogen and oxygen atoms in total. The van der Waals surface area contributed by atoms with E-state index in [-0.39, 0.29) is 5.91 Å². The Morgan fingerprint density at radius 3 is 2.31 bits per heavy atom. The van der Waals surface area contributed by atoms with Crippen molar-refractivity contribution >= 4 is 11.9 Å². The Kier molecular flexibility index (Phi) is 6.03. The molecule has 0 saturated heterocycles. The summed E-state index contributed by atoms with van der Waals surface area (Å²) in [5, 5.41) is 11.4. The van der Waals surface area contributed by atoms with E-state index < -0.39 is 17.6 Å². The molecule has 5 heteroatoms. The van der Waals surface area contributed by atoms with E-state index in [0.717, 1.165) is 0 Å². The second kappa shape index (κ2) is 6.48. The van der Waals surface area contributed by atoms with Crippen LogP contribution in [-0.4, -0.2) is 35.7 Å². The fourth-order valence-electron chi connectivity index (χ4n) is 1.25. The highest BCUT2D eigenvalue weighted by molar-refractivity contribution is 5.88. The number of carbonyl (C=O) groups is 2. The molecule has 0 aliphatic heterocycles. The van der Waals surface area contributed by atoms with Crippen LogP contribution < -0.4 is 5.32 Å². The van der Waals surface area contributed by atoms with Crippen molar-refractivity contribution in [1.82, 2.24) is 5.32 Å². The van der Waals surface area contributed by atoms with E-state index in [0.29, 0.717) is 19.3 Å². The lowest BCUT2D eigenvalue weighted by molar-refractivity contribution is -0.148. The van der Waals surface area contributed by atoms with Crippen LogP contribution in [0.2, 0.25) is 0 Å². The largest absolute Gasteiger partial charge is 0.480 e. The van der Waals surface area contributed by atoms with Gasteiger partial charge in [0, 0.05) is 7.11 Å². The number of carboxylic acids is 1. The molecule has 1 amide bonds. The molecule has 0 aromatic heterocycles. The van der Waals surface area contributed by atoms with Crippen LogP contribution in [-0.2, 0) is 14.3 Å². The van der Waals surface area contributed by atoms with Crippen molar-refractivity contribution < 1.29 is 19.4 Å². The zero-order valence-corrected chi connectivity index (χ0v) is 10.4. The zero-order chi connectivity index (χ0) is 12.8. The number of amides is 1. The van der Waals surface area contributed by atoms with Gasteiger partial charge in [-0.15, -0.1) is 0 Å². The molecule has 0 aliphatic carbocycles. The first-order valence-electron chi connectivity index (χ1n) is 5.50. The third-order valence-electron chi connectivity index (χ3n) is 2.79. The van der Waals surface area contributed by atoms with Gasteiger partial charge in [0.15, 0.2) is 0 Å². The number of ether oxygens (including phenoxy) is 1. The van der Waals surface area contributed by atoms with E-state index in [1.807, 2.05) is 13.8 Å². The van der Waals surface area contributed by atoms with Gasteiger partial charge in [0.25, 0.3) is 5.91 Å². The van der Waals surface area contributed by atoms with Gasteiger partial charge in [0.05, 0.1) is 0 Å². The topological polar surface area (TPSA) is 75.6 Å². The minimum absolute atomic E-state index is 0.377. The Hall–Kier alpha value is -1.10. The fraction of sp³-hybridized carbons (Fsp3) is 0.818. The Morgan fingerprint density at radius 1 is 1.44 bits per heavy atom. The molecule has 2 N–H and O–H groups in total. The SMILES string of the molecule is CCC[C@H](NC(=O)C(C)(CC)OC)C(=O)O. The summed E-state index contributed by atoms with van der Waals surface area (Å²) in [5.74, 6) is -1.39. The number of carboxylic acid groups (broad SMARTS) is 1. The highest BCUT2D eigenvalue weighted by Crippen LogP contribution is 2.14. The van der Waals surface area contributed by atoms with Gasteiger partial charge < -0.3 is 15.2 Å². The van der Waals surface area contributed by atoms with Crippen LogP contribution in [0.1, 0.15) is 40.0 Å². The minimum Gasteiger partial charge on any atom is -0.480 e. The first-order valence-corrected chi connectivity index (χ1v) is 5.50. The van der Waals surface area contributed by atoms with E-state index in [1.165, 1.54) is 7.11 Å². The average molecular weight is 231 g/mol. The van der Waals surface area contributed by atoms with Crippen LogP contribution in [0.3, 0.4) is 0 Å². The minimum atomic E-state index is -1.01. The molecule has 1 unspecified atom stereocenters. The van der Waals surface area contributed by atoms with Crippen LogP contribution >= 0.6 is 0 Å². The number of nitrogens with one attached hydrogen (secondary N) is 1. The van der Waals surface area contributed by atoms with Gasteiger partial charge in [-0.3, -0.25) is 4.79 Å². The first kappa shape index (κ1) is 14.9. The van der Waals surface area contributed by atoms with Crippen LogP contribution in [0.5, 0.6) is 0 Å². The Bertz CT molecular complexity index is 248. The highest BCUT2D eigenvalue weighted by atomic mass is 16.5. The molecule has 0 spiro atoms. The number of hydrogen-bond donors (Lipinski definition) is 2. The van der Waals surface area contributed by atoms with Crippen molar-refractivity contribution in [2.24, 2.45) is 0 Å². The molecule has 94 valence electrons. The molecule has 0 heterocycles. The molecule has 0 rings (SSSR count). The van der Waals surface area contributed by atoms with Crippen molar-refractivity contribution in [2.75, 3.05) is 7.11 Å². The van der Waals surface area contributed by atoms with E-state index in [1.54, 1.807) is 6.92 Å². The summed E-state index contributed by atoms with van der Waals surface area (Å²) in [6.07, 6.45) is 1.62. The van der Waals surface area contributed by atoms with E-state index in [2.05, 4.69) is 5.32 Å². The lowest BCUT2D eigenvalue weighted by atomic mass is 10.0. The maximum atomic E-state index is 11.8. The highest BCUT2D eigenvalue weighted by Gasteiger charge is 2.33. The maximum Gasteiger partial charge on any atom is 0.326 e. The number of aliphatic carboxylic acids is 1. The summed E-state index contributed by atoms with van der Waals surface area (Å²) < 4.78 is 5.10. The third-order valence-corrected chi connectivity index (χ3v) is 2.79. The molecular weight excluding hydrogens is 210 g/mol. The number of methoxy groups -OCH3 is 1. The van der Waals surface area contributed by atoms with Crippen LogP contribution in [0.4, 0.5) is 0 Å². The molecule has 0 aromatic carbocycles. The Labute approximate surface area is 96.2 Å².